The second-order valence-corrected chi connectivity index (χ2v) is 2.98. The van der Waals surface area contributed by atoms with Gasteiger partial charge in [-0.25, -0.2) is 4.79 Å². The minimum Gasteiger partial charge on any atom is -0.472 e. The van der Waals surface area contributed by atoms with Gasteiger partial charge in [-0.1, -0.05) is 0 Å². The van der Waals surface area contributed by atoms with Crippen LogP contribution in [0.4, 0.5) is 0 Å². The fraction of sp³-hybridized carbons (Fsp3) is 0.500. The molecule has 0 saturated carbocycles. The molecule has 1 heterocycles. The Morgan fingerprint density at radius 1 is 1.58 bits per heavy atom. The van der Waals surface area contributed by atoms with Crippen molar-refractivity contribution < 1.29 is 19.1 Å². The standard InChI is InChI=1S/C8H10O4/c1-8(2)6(9)4-5(12-8)7(10)11-3/h4H,1-3H3. The lowest BCUT2D eigenvalue weighted by atomic mass is 10.1. The average Bonchev–Trinajstić information content (AvgIpc) is 2.25. The normalized spacial score (nSPS) is 19.9. The maximum atomic E-state index is 11.1. The van der Waals surface area contributed by atoms with Crippen LogP contribution in [0.25, 0.3) is 0 Å². The van der Waals surface area contributed by atoms with E-state index in [2.05, 4.69) is 4.74 Å². The van der Waals surface area contributed by atoms with Crippen molar-refractivity contribution in [3.8, 4) is 0 Å². The van der Waals surface area contributed by atoms with Crippen LogP contribution in [0.5, 0.6) is 0 Å². The van der Waals surface area contributed by atoms with E-state index in [1.807, 2.05) is 0 Å². The Hall–Kier alpha value is -1.32. The Balaban J connectivity index is 2.82. The van der Waals surface area contributed by atoms with Crippen molar-refractivity contribution in [1.29, 1.82) is 0 Å². The van der Waals surface area contributed by atoms with Gasteiger partial charge in [-0.05, 0) is 13.8 Å². The number of methoxy groups -OCH3 is 1. The van der Waals surface area contributed by atoms with E-state index in [4.69, 9.17) is 4.74 Å². The lowest BCUT2D eigenvalue weighted by Gasteiger charge is -2.16. The molecular weight excluding hydrogens is 160 g/mol. The first-order valence-electron chi connectivity index (χ1n) is 3.51. The van der Waals surface area contributed by atoms with Gasteiger partial charge in [0.1, 0.15) is 0 Å². The van der Waals surface area contributed by atoms with Gasteiger partial charge >= 0.3 is 5.97 Å². The van der Waals surface area contributed by atoms with E-state index in [1.54, 1.807) is 13.8 Å². The molecule has 4 nitrogen and oxygen atoms in total. The number of hydrogen-bond acceptors (Lipinski definition) is 4. The number of carbonyl (C=O) groups is 2. The lowest BCUT2D eigenvalue weighted by molar-refractivity contribution is -0.143. The predicted molar refractivity (Wildman–Crippen MR) is 40.3 cm³/mol. The molecule has 12 heavy (non-hydrogen) atoms. The van der Waals surface area contributed by atoms with Crippen LogP contribution in [0.15, 0.2) is 11.8 Å². The summed E-state index contributed by atoms with van der Waals surface area (Å²) in [5.41, 5.74) is -0.927. The zero-order chi connectivity index (χ0) is 9.35. The zero-order valence-corrected chi connectivity index (χ0v) is 7.21. The first-order chi connectivity index (χ1) is 5.47. The van der Waals surface area contributed by atoms with Gasteiger partial charge in [-0.2, -0.15) is 0 Å². The van der Waals surface area contributed by atoms with Gasteiger partial charge < -0.3 is 9.47 Å². The molecule has 0 spiro atoms. The summed E-state index contributed by atoms with van der Waals surface area (Å²) in [5.74, 6) is -0.857. The van der Waals surface area contributed by atoms with Crippen LogP contribution in [-0.2, 0) is 19.1 Å². The van der Waals surface area contributed by atoms with Crippen LogP contribution >= 0.6 is 0 Å². The van der Waals surface area contributed by atoms with Crippen molar-refractivity contribution >= 4 is 11.8 Å². The molecular formula is C8H10O4. The number of ether oxygens (including phenoxy) is 2. The van der Waals surface area contributed by atoms with E-state index in [9.17, 15) is 9.59 Å². The summed E-state index contributed by atoms with van der Waals surface area (Å²) >= 11 is 0. The van der Waals surface area contributed by atoms with Crippen molar-refractivity contribution in [3.05, 3.63) is 11.8 Å². The number of ketones is 1. The lowest BCUT2D eigenvalue weighted by Crippen LogP contribution is -2.28. The molecule has 66 valence electrons. The molecule has 0 bridgehead atoms. The van der Waals surface area contributed by atoms with E-state index < -0.39 is 11.6 Å². The smallest absolute Gasteiger partial charge is 0.373 e. The molecule has 4 heteroatoms. The molecule has 0 radical (unpaired) electrons. The van der Waals surface area contributed by atoms with Gasteiger partial charge in [0.2, 0.25) is 11.5 Å². The van der Waals surface area contributed by atoms with Gasteiger partial charge in [0, 0.05) is 6.08 Å². The number of esters is 1. The van der Waals surface area contributed by atoms with E-state index in [1.165, 1.54) is 7.11 Å². The highest BCUT2D eigenvalue weighted by Gasteiger charge is 2.37. The third kappa shape index (κ3) is 1.32. The molecule has 1 aliphatic heterocycles. The zero-order valence-electron chi connectivity index (χ0n) is 7.21. The van der Waals surface area contributed by atoms with Crippen LogP contribution in [0, 0.1) is 0 Å². The first-order valence-corrected chi connectivity index (χ1v) is 3.51. The molecule has 0 aromatic heterocycles. The molecule has 0 amide bonds. The largest absolute Gasteiger partial charge is 0.472 e. The maximum Gasteiger partial charge on any atom is 0.373 e. The van der Waals surface area contributed by atoms with Crippen molar-refractivity contribution in [3.63, 3.8) is 0 Å². The monoisotopic (exact) mass is 170 g/mol. The van der Waals surface area contributed by atoms with Crippen molar-refractivity contribution in [2.45, 2.75) is 19.4 Å². The fourth-order valence-electron chi connectivity index (χ4n) is 0.849. The molecule has 1 rings (SSSR count). The highest BCUT2D eigenvalue weighted by Crippen LogP contribution is 2.24. The summed E-state index contributed by atoms with van der Waals surface area (Å²) in [5, 5.41) is 0. The third-order valence-corrected chi connectivity index (χ3v) is 1.61. The van der Waals surface area contributed by atoms with Gasteiger partial charge in [-0.15, -0.1) is 0 Å². The van der Waals surface area contributed by atoms with Crippen molar-refractivity contribution in [2.75, 3.05) is 7.11 Å². The molecule has 0 atom stereocenters. The number of hydrogen-bond donors (Lipinski definition) is 0. The van der Waals surface area contributed by atoms with Gasteiger partial charge in [-0.3, -0.25) is 4.79 Å². The molecule has 0 unspecified atom stereocenters. The highest BCUT2D eigenvalue weighted by molar-refractivity contribution is 6.05. The minimum absolute atomic E-state index is 0.0208. The average molecular weight is 170 g/mol. The summed E-state index contributed by atoms with van der Waals surface area (Å²) in [6, 6.07) is 0. The van der Waals surface area contributed by atoms with E-state index in [0.29, 0.717) is 0 Å². The van der Waals surface area contributed by atoms with Gasteiger partial charge in [0.15, 0.2) is 5.60 Å². The Morgan fingerprint density at radius 2 is 2.17 bits per heavy atom. The highest BCUT2D eigenvalue weighted by atomic mass is 16.6. The van der Waals surface area contributed by atoms with E-state index in [0.717, 1.165) is 6.08 Å². The van der Waals surface area contributed by atoms with Gasteiger partial charge in [0.05, 0.1) is 7.11 Å². The summed E-state index contributed by atoms with van der Waals surface area (Å²) in [7, 11) is 1.24. The Kier molecular flexibility index (Phi) is 1.92. The SMILES string of the molecule is COC(=O)C1=CC(=O)C(C)(C)O1. The van der Waals surface area contributed by atoms with Crippen LogP contribution in [-0.4, -0.2) is 24.5 Å². The topological polar surface area (TPSA) is 52.6 Å². The predicted octanol–water partition coefficient (Wildman–Crippen LogP) is 0.421. The van der Waals surface area contributed by atoms with E-state index >= 15 is 0 Å². The minimum atomic E-state index is -0.927. The third-order valence-electron chi connectivity index (χ3n) is 1.61. The van der Waals surface area contributed by atoms with Gasteiger partial charge in [0.25, 0.3) is 0 Å². The maximum absolute atomic E-state index is 11.1. The number of rotatable bonds is 1. The second kappa shape index (κ2) is 2.62. The Morgan fingerprint density at radius 3 is 2.50 bits per heavy atom. The van der Waals surface area contributed by atoms with Crippen LogP contribution in [0.1, 0.15) is 13.8 Å². The quantitative estimate of drug-likeness (QED) is 0.535. The molecule has 0 saturated heterocycles. The fourth-order valence-corrected chi connectivity index (χ4v) is 0.849. The van der Waals surface area contributed by atoms with E-state index in [-0.39, 0.29) is 11.5 Å². The number of carbonyl (C=O) groups excluding carboxylic acids is 2. The molecule has 0 fully saturated rings. The molecule has 0 N–H and O–H groups in total. The Bertz CT molecular complexity index is 262. The van der Waals surface area contributed by atoms with Crippen molar-refractivity contribution in [2.24, 2.45) is 0 Å². The summed E-state index contributed by atoms with van der Waals surface area (Å²) < 4.78 is 9.44. The van der Waals surface area contributed by atoms with Crippen LogP contribution in [0.3, 0.4) is 0 Å². The van der Waals surface area contributed by atoms with Crippen LogP contribution < -0.4 is 0 Å². The molecule has 0 aliphatic carbocycles. The molecule has 1 aliphatic rings. The summed E-state index contributed by atoms with van der Waals surface area (Å²) in [6.07, 6.45) is 1.16. The molecule has 0 aromatic rings. The second-order valence-electron chi connectivity index (χ2n) is 2.98. The first kappa shape index (κ1) is 8.77. The van der Waals surface area contributed by atoms with Crippen LogP contribution in [0.2, 0.25) is 0 Å². The van der Waals surface area contributed by atoms with Crippen molar-refractivity contribution in [1.82, 2.24) is 0 Å². The summed E-state index contributed by atoms with van der Waals surface area (Å²) in [6.45, 7) is 3.20. The molecule has 0 aromatic carbocycles. The Labute approximate surface area is 70.1 Å². The summed E-state index contributed by atoms with van der Waals surface area (Å²) in [4.78, 5) is 22.0.